The van der Waals surface area contributed by atoms with Crippen LogP contribution in [0.2, 0.25) is 0 Å². The summed E-state index contributed by atoms with van der Waals surface area (Å²) in [5.74, 6) is -0.0303. The van der Waals surface area contributed by atoms with Crippen molar-refractivity contribution in [3.05, 3.63) is 35.6 Å². The first-order chi connectivity index (χ1) is 11.3. The molecule has 2 amide bonds. The predicted octanol–water partition coefficient (Wildman–Crippen LogP) is 2.74. The molecule has 132 valence electrons. The van der Waals surface area contributed by atoms with Gasteiger partial charge in [-0.05, 0) is 44.4 Å². The molecular formula is C18H24ClFN2O2. The van der Waals surface area contributed by atoms with Crippen molar-refractivity contribution in [2.24, 2.45) is 5.41 Å². The second kappa shape index (κ2) is 7.97. The molecule has 0 unspecified atom stereocenters. The van der Waals surface area contributed by atoms with Crippen LogP contribution in [0.25, 0.3) is 0 Å². The average Bonchev–Trinajstić information content (AvgIpc) is 2.57. The zero-order valence-corrected chi connectivity index (χ0v) is 14.9. The van der Waals surface area contributed by atoms with Gasteiger partial charge in [0.15, 0.2) is 0 Å². The number of nitrogens with zero attached hydrogens (tertiary/aromatic N) is 1. The molecule has 0 spiro atoms. The summed E-state index contributed by atoms with van der Waals surface area (Å²) < 4.78 is 12.9. The fraction of sp³-hybridized carbons (Fsp3) is 0.556. The highest BCUT2D eigenvalue weighted by atomic mass is 35.5. The normalized spacial score (nSPS) is 16.1. The van der Waals surface area contributed by atoms with Crippen molar-refractivity contribution in [3.8, 4) is 0 Å². The lowest BCUT2D eigenvalue weighted by molar-refractivity contribution is -0.140. The van der Waals surface area contributed by atoms with Gasteiger partial charge >= 0.3 is 0 Å². The number of piperidine rings is 1. The fourth-order valence-corrected chi connectivity index (χ4v) is 2.89. The fourth-order valence-electron chi connectivity index (χ4n) is 2.78. The van der Waals surface area contributed by atoms with Gasteiger partial charge in [-0.2, -0.15) is 0 Å². The predicted molar refractivity (Wildman–Crippen MR) is 92.3 cm³/mol. The van der Waals surface area contributed by atoms with Crippen LogP contribution in [0.4, 0.5) is 4.39 Å². The molecular weight excluding hydrogens is 331 g/mol. The maximum absolute atomic E-state index is 12.9. The lowest BCUT2D eigenvalue weighted by atomic mass is 9.92. The molecule has 1 N–H and O–H groups in total. The molecule has 1 aliphatic rings. The van der Waals surface area contributed by atoms with E-state index in [1.54, 1.807) is 12.1 Å². The Hall–Kier alpha value is -1.62. The number of carbonyl (C=O) groups is 2. The number of carbonyl (C=O) groups excluding carboxylic acids is 2. The molecule has 0 radical (unpaired) electrons. The van der Waals surface area contributed by atoms with Crippen LogP contribution in [0.5, 0.6) is 0 Å². The van der Waals surface area contributed by atoms with Gasteiger partial charge in [-0.25, -0.2) is 4.39 Å². The third kappa shape index (κ3) is 4.94. The Morgan fingerprint density at radius 1 is 1.25 bits per heavy atom. The summed E-state index contributed by atoms with van der Waals surface area (Å²) in [5.41, 5.74) is 0.227. The topological polar surface area (TPSA) is 49.4 Å². The second-order valence-corrected chi connectivity index (χ2v) is 7.22. The second-order valence-electron chi connectivity index (χ2n) is 6.95. The molecule has 1 fully saturated rings. The number of hydrogen-bond donors (Lipinski definition) is 1. The molecule has 0 aromatic heterocycles. The average molecular weight is 355 g/mol. The lowest BCUT2D eigenvalue weighted by Crippen LogP contribution is -2.50. The summed E-state index contributed by atoms with van der Waals surface area (Å²) in [6.45, 7) is 4.94. The van der Waals surface area contributed by atoms with Crippen LogP contribution in [0, 0.1) is 11.2 Å². The first-order valence-corrected chi connectivity index (χ1v) is 8.74. The monoisotopic (exact) mass is 354 g/mol. The number of nitrogens with one attached hydrogen (secondary N) is 1. The molecule has 4 nitrogen and oxygen atoms in total. The minimum Gasteiger partial charge on any atom is -0.353 e. The SMILES string of the molecule is CC(C)(CCl)C(=O)N1CCC(NC(=O)Cc2ccc(F)cc2)CC1. The Balaban J connectivity index is 1.79. The van der Waals surface area contributed by atoms with Crippen LogP contribution >= 0.6 is 11.6 Å². The van der Waals surface area contributed by atoms with E-state index in [0.717, 1.165) is 18.4 Å². The zero-order valence-electron chi connectivity index (χ0n) is 14.1. The van der Waals surface area contributed by atoms with Crippen molar-refractivity contribution in [3.63, 3.8) is 0 Å². The van der Waals surface area contributed by atoms with Crippen molar-refractivity contribution in [1.82, 2.24) is 10.2 Å². The molecule has 1 aromatic rings. The number of hydrogen-bond acceptors (Lipinski definition) is 2. The summed E-state index contributed by atoms with van der Waals surface area (Å²) in [4.78, 5) is 26.3. The minimum atomic E-state index is -0.555. The van der Waals surface area contributed by atoms with Crippen molar-refractivity contribution in [2.75, 3.05) is 19.0 Å². The van der Waals surface area contributed by atoms with Gasteiger partial charge in [-0.3, -0.25) is 9.59 Å². The van der Waals surface area contributed by atoms with E-state index in [9.17, 15) is 14.0 Å². The molecule has 6 heteroatoms. The number of halogens is 2. The number of amides is 2. The van der Waals surface area contributed by atoms with Crippen molar-refractivity contribution in [2.45, 2.75) is 39.2 Å². The maximum atomic E-state index is 12.9. The molecule has 1 aliphatic heterocycles. The maximum Gasteiger partial charge on any atom is 0.229 e. The number of rotatable bonds is 5. The van der Waals surface area contributed by atoms with E-state index in [2.05, 4.69) is 5.32 Å². The van der Waals surface area contributed by atoms with Crippen LogP contribution in [-0.2, 0) is 16.0 Å². The van der Waals surface area contributed by atoms with Crippen LogP contribution in [0.1, 0.15) is 32.3 Å². The Bertz CT molecular complexity index is 581. The van der Waals surface area contributed by atoms with Gasteiger partial charge in [-0.15, -0.1) is 11.6 Å². The van der Waals surface area contributed by atoms with E-state index in [1.807, 2.05) is 18.7 Å². The quantitative estimate of drug-likeness (QED) is 0.826. The van der Waals surface area contributed by atoms with E-state index in [1.165, 1.54) is 12.1 Å². The van der Waals surface area contributed by atoms with Gasteiger partial charge < -0.3 is 10.2 Å². The molecule has 1 saturated heterocycles. The first-order valence-electron chi connectivity index (χ1n) is 8.21. The minimum absolute atomic E-state index is 0.0635. The Kier molecular flexibility index (Phi) is 6.21. The molecule has 0 saturated carbocycles. The molecule has 1 aromatic carbocycles. The van der Waals surface area contributed by atoms with Gasteiger partial charge in [0.1, 0.15) is 5.82 Å². The number of benzene rings is 1. The Morgan fingerprint density at radius 2 is 1.83 bits per heavy atom. The van der Waals surface area contributed by atoms with Gasteiger partial charge in [0, 0.05) is 25.0 Å². The third-order valence-electron chi connectivity index (χ3n) is 4.34. The summed E-state index contributed by atoms with van der Waals surface area (Å²) >= 11 is 5.86. The zero-order chi connectivity index (χ0) is 17.7. The summed E-state index contributed by atoms with van der Waals surface area (Å²) in [6.07, 6.45) is 1.71. The molecule has 2 rings (SSSR count). The number of likely N-dealkylation sites (tertiary alicyclic amines) is 1. The van der Waals surface area contributed by atoms with Gasteiger partial charge in [-0.1, -0.05) is 12.1 Å². The summed E-state index contributed by atoms with van der Waals surface area (Å²) in [6, 6.07) is 6.01. The van der Waals surface area contributed by atoms with Crippen molar-refractivity contribution in [1.29, 1.82) is 0 Å². The van der Waals surface area contributed by atoms with Gasteiger partial charge in [0.2, 0.25) is 11.8 Å². The van der Waals surface area contributed by atoms with Crippen LogP contribution in [0.3, 0.4) is 0 Å². The van der Waals surface area contributed by atoms with Crippen molar-refractivity contribution < 1.29 is 14.0 Å². The highest BCUT2D eigenvalue weighted by molar-refractivity contribution is 6.19. The van der Waals surface area contributed by atoms with Gasteiger partial charge in [0.25, 0.3) is 0 Å². The highest BCUT2D eigenvalue weighted by Crippen LogP contribution is 2.23. The Labute approximate surface area is 147 Å². The van der Waals surface area contributed by atoms with E-state index >= 15 is 0 Å². The van der Waals surface area contributed by atoms with Crippen LogP contribution in [0.15, 0.2) is 24.3 Å². The Morgan fingerprint density at radius 3 is 2.38 bits per heavy atom. The van der Waals surface area contributed by atoms with E-state index < -0.39 is 5.41 Å². The molecule has 0 atom stereocenters. The van der Waals surface area contributed by atoms with Crippen molar-refractivity contribution >= 4 is 23.4 Å². The smallest absolute Gasteiger partial charge is 0.229 e. The molecule has 1 heterocycles. The first kappa shape index (κ1) is 18.7. The number of alkyl halides is 1. The molecule has 24 heavy (non-hydrogen) atoms. The molecule has 0 bridgehead atoms. The van der Waals surface area contributed by atoms with Crippen LogP contribution < -0.4 is 5.32 Å². The summed E-state index contributed by atoms with van der Waals surface area (Å²) in [7, 11) is 0. The largest absolute Gasteiger partial charge is 0.353 e. The molecule has 0 aliphatic carbocycles. The standard InChI is InChI=1S/C18H24ClFN2O2/c1-18(2,12-19)17(24)22-9-7-15(8-10-22)21-16(23)11-13-3-5-14(20)6-4-13/h3-6,15H,7-12H2,1-2H3,(H,21,23). The van der Waals surface area contributed by atoms with E-state index in [0.29, 0.717) is 19.0 Å². The highest BCUT2D eigenvalue weighted by Gasteiger charge is 2.33. The van der Waals surface area contributed by atoms with Crippen LogP contribution in [-0.4, -0.2) is 41.7 Å². The van der Waals surface area contributed by atoms with E-state index in [4.69, 9.17) is 11.6 Å². The third-order valence-corrected chi connectivity index (χ3v) is 5.01. The summed E-state index contributed by atoms with van der Waals surface area (Å²) in [5, 5.41) is 3.00. The lowest BCUT2D eigenvalue weighted by Gasteiger charge is -2.36. The van der Waals surface area contributed by atoms with E-state index in [-0.39, 0.29) is 30.1 Å². The van der Waals surface area contributed by atoms with Gasteiger partial charge in [0.05, 0.1) is 11.8 Å².